The second kappa shape index (κ2) is 4.34. The number of nitrogens with one attached hydrogen (secondary N) is 1. The van der Waals surface area contributed by atoms with Gasteiger partial charge in [0.05, 0.1) is 0 Å². The van der Waals surface area contributed by atoms with Crippen LogP contribution in [-0.4, -0.2) is 22.6 Å². The van der Waals surface area contributed by atoms with Crippen molar-refractivity contribution in [2.45, 2.75) is 19.4 Å². The Morgan fingerprint density at radius 1 is 1.29 bits per heavy atom. The highest BCUT2D eigenvalue weighted by Gasteiger charge is 2.19. The van der Waals surface area contributed by atoms with Gasteiger partial charge in [-0.2, -0.15) is 0 Å². The van der Waals surface area contributed by atoms with Crippen LogP contribution < -0.4 is 5.32 Å². The third-order valence-corrected chi connectivity index (χ3v) is 3.41. The number of nitrogens with zero attached hydrogens (tertiary/aromatic N) is 2. The number of aromatic nitrogens is 2. The Kier molecular flexibility index (Phi) is 2.69. The van der Waals surface area contributed by atoms with Gasteiger partial charge in [-0.1, -0.05) is 29.8 Å². The van der Waals surface area contributed by atoms with Crippen LogP contribution in [0.15, 0.2) is 36.7 Å². The van der Waals surface area contributed by atoms with Crippen LogP contribution in [0.1, 0.15) is 18.0 Å². The summed E-state index contributed by atoms with van der Waals surface area (Å²) in [6.45, 7) is 4.27. The van der Waals surface area contributed by atoms with E-state index in [2.05, 4.69) is 52.3 Å². The van der Waals surface area contributed by atoms with E-state index in [0.717, 1.165) is 18.9 Å². The van der Waals surface area contributed by atoms with Crippen molar-refractivity contribution in [1.82, 2.24) is 14.9 Å². The monoisotopic (exact) mass is 227 g/mol. The van der Waals surface area contributed by atoms with Gasteiger partial charge in [0.2, 0.25) is 0 Å². The summed E-state index contributed by atoms with van der Waals surface area (Å²) in [4.78, 5) is 4.50. The summed E-state index contributed by atoms with van der Waals surface area (Å²) in [6.07, 6.45) is 5.18. The summed E-state index contributed by atoms with van der Waals surface area (Å²) < 4.78 is 2.30. The van der Waals surface area contributed by atoms with E-state index in [9.17, 15) is 0 Å². The fourth-order valence-electron chi connectivity index (χ4n) is 2.41. The first-order valence-corrected chi connectivity index (χ1v) is 6.15. The van der Waals surface area contributed by atoms with Crippen LogP contribution in [0.25, 0.3) is 11.4 Å². The Morgan fingerprint density at radius 2 is 2.12 bits per heavy atom. The van der Waals surface area contributed by atoms with Gasteiger partial charge in [0.15, 0.2) is 0 Å². The Hall–Kier alpha value is -1.61. The molecule has 1 aromatic carbocycles. The zero-order chi connectivity index (χ0) is 11.7. The summed E-state index contributed by atoms with van der Waals surface area (Å²) in [5, 5.41) is 3.40. The lowest BCUT2D eigenvalue weighted by Crippen LogP contribution is -2.13. The molecule has 1 aliphatic rings. The van der Waals surface area contributed by atoms with Crippen molar-refractivity contribution in [2.75, 3.05) is 13.1 Å². The topological polar surface area (TPSA) is 29.9 Å². The summed E-state index contributed by atoms with van der Waals surface area (Å²) in [5.74, 6) is 1.08. The molecular formula is C14H17N3. The van der Waals surface area contributed by atoms with Gasteiger partial charge in [-0.15, -0.1) is 0 Å². The molecule has 0 amide bonds. The quantitative estimate of drug-likeness (QED) is 0.853. The normalized spacial score (nSPS) is 19.7. The van der Waals surface area contributed by atoms with E-state index in [1.54, 1.807) is 0 Å². The van der Waals surface area contributed by atoms with E-state index in [-0.39, 0.29) is 0 Å². The maximum absolute atomic E-state index is 4.50. The zero-order valence-corrected chi connectivity index (χ0v) is 10.1. The minimum absolute atomic E-state index is 0.550. The maximum Gasteiger partial charge on any atom is 0.140 e. The first-order chi connectivity index (χ1) is 8.34. The van der Waals surface area contributed by atoms with Crippen LogP contribution in [0.2, 0.25) is 0 Å². The van der Waals surface area contributed by atoms with Crippen molar-refractivity contribution in [1.29, 1.82) is 0 Å². The molecule has 1 unspecified atom stereocenters. The molecule has 1 atom stereocenters. The van der Waals surface area contributed by atoms with E-state index >= 15 is 0 Å². The molecule has 2 heterocycles. The van der Waals surface area contributed by atoms with E-state index in [4.69, 9.17) is 0 Å². The maximum atomic E-state index is 4.50. The summed E-state index contributed by atoms with van der Waals surface area (Å²) in [7, 11) is 0. The van der Waals surface area contributed by atoms with Crippen molar-refractivity contribution >= 4 is 0 Å². The van der Waals surface area contributed by atoms with Crippen LogP contribution in [-0.2, 0) is 0 Å². The first-order valence-electron chi connectivity index (χ1n) is 6.15. The van der Waals surface area contributed by atoms with E-state index in [1.165, 1.54) is 17.5 Å². The standard InChI is InChI=1S/C14H17N3/c1-11-2-4-12(5-3-11)14-16-8-9-17(14)13-6-7-15-10-13/h2-5,8-9,13,15H,6-7,10H2,1H3. The molecule has 0 aliphatic carbocycles. The number of benzene rings is 1. The van der Waals surface area contributed by atoms with Crippen LogP contribution >= 0.6 is 0 Å². The summed E-state index contributed by atoms with van der Waals surface area (Å²) in [6, 6.07) is 9.13. The fourth-order valence-corrected chi connectivity index (χ4v) is 2.41. The average molecular weight is 227 g/mol. The number of rotatable bonds is 2. The highest BCUT2D eigenvalue weighted by atomic mass is 15.1. The number of hydrogen-bond donors (Lipinski definition) is 1. The van der Waals surface area contributed by atoms with Crippen molar-refractivity contribution in [3.05, 3.63) is 42.2 Å². The van der Waals surface area contributed by atoms with Crippen LogP contribution in [0.5, 0.6) is 0 Å². The third-order valence-electron chi connectivity index (χ3n) is 3.41. The third kappa shape index (κ3) is 1.98. The predicted molar refractivity (Wildman–Crippen MR) is 68.9 cm³/mol. The molecule has 88 valence electrons. The van der Waals surface area contributed by atoms with Gasteiger partial charge >= 0.3 is 0 Å². The predicted octanol–water partition coefficient (Wildman–Crippen LogP) is 2.39. The minimum atomic E-state index is 0.550. The van der Waals surface area contributed by atoms with Crippen LogP contribution in [0.3, 0.4) is 0 Å². The van der Waals surface area contributed by atoms with Crippen molar-refractivity contribution < 1.29 is 0 Å². The fraction of sp³-hybridized carbons (Fsp3) is 0.357. The SMILES string of the molecule is Cc1ccc(-c2nccn2C2CCNC2)cc1. The molecular weight excluding hydrogens is 210 g/mol. The van der Waals surface area contributed by atoms with Crippen molar-refractivity contribution in [3.8, 4) is 11.4 Å². The van der Waals surface area contributed by atoms with E-state index in [1.807, 2.05) is 6.20 Å². The van der Waals surface area contributed by atoms with Gasteiger partial charge in [0, 0.05) is 30.5 Å². The number of imidazole rings is 1. The smallest absolute Gasteiger partial charge is 0.140 e. The molecule has 3 rings (SSSR count). The summed E-state index contributed by atoms with van der Waals surface area (Å²) in [5.41, 5.74) is 2.49. The molecule has 0 radical (unpaired) electrons. The average Bonchev–Trinajstić information content (AvgIpc) is 3.00. The second-order valence-electron chi connectivity index (χ2n) is 4.67. The van der Waals surface area contributed by atoms with Gasteiger partial charge in [-0.25, -0.2) is 4.98 Å². The molecule has 1 saturated heterocycles. The van der Waals surface area contributed by atoms with Crippen LogP contribution in [0, 0.1) is 6.92 Å². The van der Waals surface area contributed by atoms with Gasteiger partial charge in [-0.05, 0) is 19.9 Å². The molecule has 0 bridgehead atoms. The van der Waals surface area contributed by atoms with E-state index in [0.29, 0.717) is 6.04 Å². The van der Waals surface area contributed by atoms with Crippen molar-refractivity contribution in [2.24, 2.45) is 0 Å². The minimum Gasteiger partial charge on any atom is -0.327 e. The summed E-state index contributed by atoms with van der Waals surface area (Å²) >= 11 is 0. The number of hydrogen-bond acceptors (Lipinski definition) is 2. The molecule has 17 heavy (non-hydrogen) atoms. The Labute approximate surface area is 101 Å². The molecule has 3 heteroatoms. The Morgan fingerprint density at radius 3 is 2.82 bits per heavy atom. The Balaban J connectivity index is 1.97. The highest BCUT2D eigenvalue weighted by Crippen LogP contribution is 2.24. The Bertz CT molecular complexity index is 492. The molecule has 1 aliphatic heterocycles. The molecule has 0 spiro atoms. The highest BCUT2D eigenvalue weighted by molar-refractivity contribution is 5.56. The second-order valence-corrected chi connectivity index (χ2v) is 4.67. The molecule has 3 nitrogen and oxygen atoms in total. The van der Waals surface area contributed by atoms with Gasteiger partial charge in [0.1, 0.15) is 5.82 Å². The lowest BCUT2D eigenvalue weighted by Gasteiger charge is -2.14. The molecule has 0 saturated carbocycles. The first kappa shape index (κ1) is 10.5. The molecule has 1 fully saturated rings. The van der Waals surface area contributed by atoms with Crippen molar-refractivity contribution in [3.63, 3.8) is 0 Å². The molecule has 1 aromatic heterocycles. The van der Waals surface area contributed by atoms with Crippen LogP contribution in [0.4, 0.5) is 0 Å². The van der Waals surface area contributed by atoms with Gasteiger partial charge in [-0.3, -0.25) is 0 Å². The largest absolute Gasteiger partial charge is 0.327 e. The van der Waals surface area contributed by atoms with E-state index < -0.39 is 0 Å². The molecule has 1 N–H and O–H groups in total. The van der Waals surface area contributed by atoms with Gasteiger partial charge < -0.3 is 9.88 Å². The van der Waals surface area contributed by atoms with Gasteiger partial charge in [0.25, 0.3) is 0 Å². The molecule has 2 aromatic rings. The lowest BCUT2D eigenvalue weighted by molar-refractivity contribution is 0.552. The zero-order valence-electron chi connectivity index (χ0n) is 10.1. The lowest BCUT2D eigenvalue weighted by atomic mass is 10.1. The number of aryl methyl sites for hydroxylation is 1.